The van der Waals surface area contributed by atoms with Gasteiger partial charge in [-0.3, -0.25) is 4.79 Å². The first kappa shape index (κ1) is 14.5. The molecular formula is C14H23N3O. The number of anilines is 1. The van der Waals surface area contributed by atoms with E-state index < -0.39 is 0 Å². The van der Waals surface area contributed by atoms with Crippen LogP contribution in [-0.4, -0.2) is 24.0 Å². The van der Waals surface area contributed by atoms with E-state index in [4.69, 9.17) is 0 Å². The van der Waals surface area contributed by atoms with Crippen molar-refractivity contribution in [3.63, 3.8) is 0 Å². The quantitative estimate of drug-likeness (QED) is 0.814. The van der Waals surface area contributed by atoms with Gasteiger partial charge < -0.3 is 10.6 Å². The zero-order chi connectivity index (χ0) is 13.5. The Balaban J connectivity index is 2.75. The van der Waals surface area contributed by atoms with Crippen LogP contribution in [0, 0.1) is 12.8 Å². The monoisotopic (exact) mass is 249 g/mol. The molecular weight excluding hydrogens is 226 g/mol. The van der Waals surface area contributed by atoms with Crippen molar-refractivity contribution in [1.29, 1.82) is 0 Å². The average molecular weight is 249 g/mol. The van der Waals surface area contributed by atoms with Crippen LogP contribution in [0.5, 0.6) is 0 Å². The number of hydrogen-bond acceptors (Lipinski definition) is 3. The van der Waals surface area contributed by atoms with E-state index in [0.717, 1.165) is 24.5 Å². The molecule has 4 heteroatoms. The minimum Gasteiger partial charge on any atom is -0.370 e. The summed E-state index contributed by atoms with van der Waals surface area (Å²) in [5, 5.41) is 6.12. The van der Waals surface area contributed by atoms with E-state index in [2.05, 4.69) is 36.4 Å². The van der Waals surface area contributed by atoms with Gasteiger partial charge in [0, 0.05) is 24.3 Å². The number of nitrogens with zero attached hydrogens (tertiary/aromatic N) is 1. The van der Waals surface area contributed by atoms with E-state index >= 15 is 0 Å². The summed E-state index contributed by atoms with van der Waals surface area (Å²) in [6.07, 6.45) is 1.03. The molecule has 0 aromatic carbocycles. The summed E-state index contributed by atoms with van der Waals surface area (Å²) >= 11 is 0. The molecule has 18 heavy (non-hydrogen) atoms. The maximum atomic E-state index is 12.0. The number of carbonyl (C=O) groups is 1. The first-order chi connectivity index (χ1) is 8.52. The first-order valence-electron chi connectivity index (χ1n) is 6.53. The van der Waals surface area contributed by atoms with Gasteiger partial charge in [-0.1, -0.05) is 20.8 Å². The number of hydrogen-bond donors (Lipinski definition) is 2. The van der Waals surface area contributed by atoms with Crippen molar-refractivity contribution < 1.29 is 4.79 Å². The van der Waals surface area contributed by atoms with Gasteiger partial charge in [-0.2, -0.15) is 0 Å². The van der Waals surface area contributed by atoms with Crippen LogP contribution in [0.4, 0.5) is 5.82 Å². The van der Waals surface area contributed by atoms with Crippen LogP contribution in [0.15, 0.2) is 12.1 Å². The summed E-state index contributed by atoms with van der Waals surface area (Å²) in [6, 6.07) is 3.62. The number of nitrogens with one attached hydrogen (secondary N) is 2. The van der Waals surface area contributed by atoms with Crippen molar-refractivity contribution in [3.8, 4) is 0 Å². The molecule has 0 aliphatic heterocycles. The molecule has 1 amide bonds. The minimum atomic E-state index is -0.0336. The van der Waals surface area contributed by atoms with Crippen molar-refractivity contribution in [2.24, 2.45) is 5.92 Å². The zero-order valence-corrected chi connectivity index (χ0v) is 11.7. The summed E-state index contributed by atoms with van der Waals surface area (Å²) in [7, 11) is 0. The van der Waals surface area contributed by atoms with Crippen molar-refractivity contribution in [2.75, 3.05) is 18.4 Å². The Bertz CT molecular complexity index is 402. The fourth-order valence-corrected chi connectivity index (χ4v) is 1.54. The second kappa shape index (κ2) is 6.99. The Morgan fingerprint density at radius 1 is 1.39 bits per heavy atom. The van der Waals surface area contributed by atoms with Gasteiger partial charge in [0.15, 0.2) is 0 Å². The fourth-order valence-electron chi connectivity index (χ4n) is 1.54. The number of amides is 1. The summed E-state index contributed by atoms with van der Waals surface area (Å²) in [4.78, 5) is 16.3. The molecule has 4 nitrogen and oxygen atoms in total. The molecule has 0 aliphatic rings. The predicted octanol–water partition coefficient (Wildman–Crippen LogP) is 2.60. The van der Waals surface area contributed by atoms with Gasteiger partial charge in [-0.05, 0) is 31.4 Å². The lowest BCUT2D eigenvalue weighted by molar-refractivity contribution is 0.0949. The van der Waals surface area contributed by atoms with E-state index in [1.807, 2.05) is 13.0 Å². The molecule has 0 aliphatic carbocycles. The van der Waals surface area contributed by atoms with E-state index in [0.29, 0.717) is 18.0 Å². The van der Waals surface area contributed by atoms with Crippen LogP contribution < -0.4 is 10.6 Å². The Morgan fingerprint density at radius 3 is 2.72 bits per heavy atom. The van der Waals surface area contributed by atoms with Gasteiger partial charge in [0.1, 0.15) is 5.82 Å². The molecule has 1 rings (SSSR count). The third-order valence-corrected chi connectivity index (χ3v) is 2.44. The Kier molecular flexibility index (Phi) is 5.62. The van der Waals surface area contributed by atoms with Crippen molar-refractivity contribution >= 4 is 11.7 Å². The lowest BCUT2D eigenvalue weighted by atomic mass is 10.2. The lowest BCUT2D eigenvalue weighted by Gasteiger charge is -2.10. The largest absolute Gasteiger partial charge is 0.370 e. The van der Waals surface area contributed by atoms with Crippen LogP contribution in [-0.2, 0) is 0 Å². The van der Waals surface area contributed by atoms with Crippen molar-refractivity contribution in [2.45, 2.75) is 34.1 Å². The average Bonchev–Trinajstić information content (AvgIpc) is 2.32. The lowest BCUT2D eigenvalue weighted by Crippen LogP contribution is -2.27. The summed E-state index contributed by atoms with van der Waals surface area (Å²) in [6.45, 7) is 9.70. The second-order valence-corrected chi connectivity index (χ2v) is 4.91. The van der Waals surface area contributed by atoms with Gasteiger partial charge in [0.25, 0.3) is 5.91 Å². The maximum absolute atomic E-state index is 12.0. The fraction of sp³-hybridized carbons (Fsp3) is 0.571. The molecule has 1 heterocycles. The van der Waals surface area contributed by atoms with Gasteiger partial charge in [0.2, 0.25) is 0 Å². The highest BCUT2D eigenvalue weighted by Gasteiger charge is 2.08. The molecule has 100 valence electrons. The summed E-state index contributed by atoms with van der Waals surface area (Å²) < 4.78 is 0. The molecule has 0 bridgehead atoms. The Hall–Kier alpha value is -1.58. The number of aryl methyl sites for hydroxylation is 1. The van der Waals surface area contributed by atoms with Crippen molar-refractivity contribution in [3.05, 3.63) is 23.4 Å². The van der Waals surface area contributed by atoms with Crippen LogP contribution in [0.3, 0.4) is 0 Å². The van der Waals surface area contributed by atoms with E-state index in [1.54, 1.807) is 6.07 Å². The smallest absolute Gasteiger partial charge is 0.251 e. The first-order valence-corrected chi connectivity index (χ1v) is 6.53. The summed E-state index contributed by atoms with van der Waals surface area (Å²) in [5.74, 6) is 1.19. The van der Waals surface area contributed by atoms with E-state index in [-0.39, 0.29) is 5.91 Å². The number of pyridine rings is 1. The molecule has 0 fully saturated rings. The number of aromatic nitrogens is 1. The zero-order valence-electron chi connectivity index (χ0n) is 11.7. The van der Waals surface area contributed by atoms with Crippen LogP contribution in [0.25, 0.3) is 0 Å². The van der Waals surface area contributed by atoms with Gasteiger partial charge in [0.05, 0.1) is 0 Å². The topological polar surface area (TPSA) is 54.0 Å². The van der Waals surface area contributed by atoms with Gasteiger partial charge in [-0.15, -0.1) is 0 Å². The van der Waals surface area contributed by atoms with Crippen LogP contribution in [0.2, 0.25) is 0 Å². The van der Waals surface area contributed by atoms with E-state index in [1.165, 1.54) is 0 Å². The maximum Gasteiger partial charge on any atom is 0.251 e. The molecule has 0 saturated carbocycles. The highest BCUT2D eigenvalue weighted by molar-refractivity contribution is 5.95. The highest BCUT2D eigenvalue weighted by atomic mass is 16.1. The molecule has 0 spiro atoms. The van der Waals surface area contributed by atoms with E-state index in [9.17, 15) is 4.79 Å². The minimum absolute atomic E-state index is 0.0336. The summed E-state index contributed by atoms with van der Waals surface area (Å²) in [5.41, 5.74) is 1.52. The molecule has 1 aromatic heterocycles. The normalized spacial score (nSPS) is 10.5. The molecule has 0 saturated heterocycles. The van der Waals surface area contributed by atoms with Crippen molar-refractivity contribution in [1.82, 2.24) is 10.3 Å². The third-order valence-electron chi connectivity index (χ3n) is 2.44. The SMILES string of the molecule is CCCNc1cc(C(=O)NCC(C)C)cc(C)n1. The van der Waals surface area contributed by atoms with Gasteiger partial charge >= 0.3 is 0 Å². The van der Waals surface area contributed by atoms with Gasteiger partial charge in [-0.25, -0.2) is 4.98 Å². The number of rotatable bonds is 6. The van der Waals surface area contributed by atoms with Crippen LogP contribution in [0.1, 0.15) is 43.2 Å². The molecule has 0 radical (unpaired) electrons. The second-order valence-electron chi connectivity index (χ2n) is 4.91. The molecule has 0 unspecified atom stereocenters. The predicted molar refractivity (Wildman–Crippen MR) is 74.9 cm³/mol. The Labute approximate surface area is 109 Å². The Morgan fingerprint density at radius 2 is 2.11 bits per heavy atom. The molecule has 2 N–H and O–H groups in total. The standard InChI is InChI=1S/C14H23N3O/c1-5-6-15-13-8-12(7-11(4)17-13)14(18)16-9-10(2)3/h7-8,10H,5-6,9H2,1-4H3,(H,15,17)(H,16,18). The highest BCUT2D eigenvalue weighted by Crippen LogP contribution is 2.10. The molecule has 1 aromatic rings. The van der Waals surface area contributed by atoms with Crippen LogP contribution >= 0.6 is 0 Å². The molecule has 0 atom stereocenters. The third kappa shape index (κ3) is 4.73. The number of carbonyl (C=O) groups excluding carboxylic acids is 1.